The van der Waals surface area contributed by atoms with Crippen molar-refractivity contribution in [3.63, 3.8) is 0 Å². The van der Waals surface area contributed by atoms with Gasteiger partial charge in [0.1, 0.15) is 42.9 Å². The van der Waals surface area contributed by atoms with Crippen LogP contribution in [0.15, 0.2) is 60.7 Å². The summed E-state index contributed by atoms with van der Waals surface area (Å²) in [6.45, 7) is 2.97. The first-order valence-electron chi connectivity index (χ1n) is 18.9. The topological polar surface area (TPSA) is 207 Å². The van der Waals surface area contributed by atoms with Gasteiger partial charge >= 0.3 is 12.0 Å². The molecule has 0 radical (unpaired) electrons. The van der Waals surface area contributed by atoms with Gasteiger partial charge < -0.3 is 45.8 Å². The monoisotopic (exact) mass is 759 g/mol. The van der Waals surface area contributed by atoms with E-state index in [0.29, 0.717) is 30.5 Å². The maximum absolute atomic E-state index is 14.5. The highest BCUT2D eigenvalue weighted by atomic mass is 16.5. The van der Waals surface area contributed by atoms with Crippen molar-refractivity contribution in [2.45, 2.75) is 94.7 Å². The molecule has 0 aromatic heterocycles. The molecule has 4 aliphatic rings. The van der Waals surface area contributed by atoms with E-state index in [1.54, 1.807) is 60.7 Å². The van der Waals surface area contributed by atoms with Crippen LogP contribution in [0.5, 0.6) is 0 Å². The summed E-state index contributed by atoms with van der Waals surface area (Å²) in [4.78, 5) is 101. The number of nitrogens with one attached hydrogen (secondary N) is 4. The maximum atomic E-state index is 14.5. The van der Waals surface area contributed by atoms with Gasteiger partial charge in [0, 0.05) is 38.2 Å². The van der Waals surface area contributed by atoms with Gasteiger partial charge in [0.15, 0.2) is 0 Å². The third-order valence-electron chi connectivity index (χ3n) is 10.7. The fraction of sp³-hybridized carbons (Fsp3) is 0.513. The minimum absolute atomic E-state index is 0.0345. The lowest BCUT2D eigenvalue weighted by Crippen LogP contribution is -2.62. The molecule has 8 atom stereocenters. The van der Waals surface area contributed by atoms with Crippen LogP contribution < -0.4 is 21.3 Å². The fourth-order valence-electron chi connectivity index (χ4n) is 7.90. The van der Waals surface area contributed by atoms with E-state index < -0.39 is 90.5 Å². The highest BCUT2D eigenvalue weighted by Gasteiger charge is 2.47. The first-order chi connectivity index (χ1) is 26.4. The van der Waals surface area contributed by atoms with Crippen molar-refractivity contribution >= 4 is 47.2 Å². The van der Waals surface area contributed by atoms with Crippen LogP contribution in [0, 0.1) is 5.92 Å². The van der Waals surface area contributed by atoms with Crippen LogP contribution >= 0.6 is 0 Å². The van der Waals surface area contributed by atoms with E-state index in [9.17, 15) is 38.7 Å². The van der Waals surface area contributed by atoms with E-state index in [1.807, 2.05) is 6.92 Å². The lowest BCUT2D eigenvalue weighted by Gasteiger charge is -2.39. The Balaban J connectivity index is 1.31. The number of aliphatic hydroxyl groups excluding tert-OH is 1. The number of carbonyl (C=O) groups excluding carboxylic acids is 7. The largest absolute Gasteiger partial charge is 0.461 e. The third-order valence-corrected chi connectivity index (χ3v) is 10.7. The maximum Gasteiger partial charge on any atom is 0.328 e. The molecule has 16 nitrogen and oxygen atoms in total. The zero-order chi connectivity index (χ0) is 39.2. The number of anilines is 1. The number of benzene rings is 2. The van der Waals surface area contributed by atoms with Crippen molar-refractivity contribution in [1.29, 1.82) is 0 Å². The fourth-order valence-corrected chi connectivity index (χ4v) is 7.90. The molecule has 16 heteroatoms. The molecular formula is C39H49N7O9. The van der Waals surface area contributed by atoms with Crippen LogP contribution in [0.25, 0.3) is 0 Å². The van der Waals surface area contributed by atoms with Crippen LogP contribution in [0.1, 0.15) is 51.5 Å². The van der Waals surface area contributed by atoms with Crippen molar-refractivity contribution in [3.05, 3.63) is 66.2 Å². The smallest absolute Gasteiger partial charge is 0.328 e. The molecule has 0 bridgehead atoms. The molecule has 55 heavy (non-hydrogen) atoms. The highest BCUT2D eigenvalue weighted by molar-refractivity contribution is 5.98. The summed E-state index contributed by atoms with van der Waals surface area (Å²) in [5.41, 5.74) is 1.19. The van der Waals surface area contributed by atoms with E-state index in [2.05, 4.69) is 21.3 Å². The van der Waals surface area contributed by atoms with Crippen molar-refractivity contribution in [3.8, 4) is 0 Å². The number of carbonyl (C=O) groups is 7. The summed E-state index contributed by atoms with van der Waals surface area (Å²) < 4.78 is 5.70. The van der Waals surface area contributed by atoms with E-state index in [1.165, 1.54) is 21.6 Å². The average molecular weight is 760 g/mol. The summed E-state index contributed by atoms with van der Waals surface area (Å²) in [5.74, 6) is -4.01. The number of esters is 1. The number of amides is 7. The molecule has 0 saturated carbocycles. The van der Waals surface area contributed by atoms with Gasteiger partial charge in [-0.05, 0) is 56.2 Å². The molecule has 4 fully saturated rings. The van der Waals surface area contributed by atoms with E-state index in [-0.39, 0.29) is 44.8 Å². The Morgan fingerprint density at radius 1 is 0.836 bits per heavy atom. The predicted molar refractivity (Wildman–Crippen MR) is 198 cm³/mol. The molecule has 4 aliphatic heterocycles. The number of hydrogen-bond donors (Lipinski definition) is 5. The Labute approximate surface area is 319 Å². The van der Waals surface area contributed by atoms with Crippen molar-refractivity contribution in [1.82, 2.24) is 30.7 Å². The molecule has 6 rings (SSSR count). The molecule has 294 valence electrons. The van der Waals surface area contributed by atoms with Gasteiger partial charge in [0.2, 0.25) is 29.5 Å². The predicted octanol–water partition coefficient (Wildman–Crippen LogP) is 0.546. The Morgan fingerprint density at radius 2 is 1.53 bits per heavy atom. The second-order valence-electron chi connectivity index (χ2n) is 14.9. The minimum atomic E-state index is -1.55. The molecular weight excluding hydrogens is 710 g/mol. The summed E-state index contributed by atoms with van der Waals surface area (Å²) in [7, 11) is 0. The summed E-state index contributed by atoms with van der Waals surface area (Å²) in [6.07, 6.45) is 0.724. The van der Waals surface area contributed by atoms with E-state index in [4.69, 9.17) is 4.74 Å². The number of ether oxygens (including phenoxy) is 1. The Morgan fingerprint density at radius 3 is 2.25 bits per heavy atom. The molecule has 5 N–H and O–H groups in total. The van der Waals surface area contributed by atoms with Gasteiger partial charge in [-0.1, -0.05) is 55.5 Å². The number of aliphatic hydroxyl groups is 1. The molecule has 2 aromatic rings. The molecule has 8 unspecified atom stereocenters. The number of urea groups is 1. The van der Waals surface area contributed by atoms with Gasteiger partial charge in [-0.15, -0.1) is 0 Å². The van der Waals surface area contributed by atoms with Crippen LogP contribution in [-0.2, 0) is 39.9 Å². The van der Waals surface area contributed by atoms with Gasteiger partial charge in [-0.25, -0.2) is 9.59 Å². The highest BCUT2D eigenvalue weighted by Crippen LogP contribution is 2.28. The normalized spacial score (nSPS) is 28.3. The molecule has 4 heterocycles. The lowest BCUT2D eigenvalue weighted by molar-refractivity contribution is -0.158. The summed E-state index contributed by atoms with van der Waals surface area (Å²) in [6, 6.07) is 10.00. The first kappa shape index (κ1) is 39.2. The van der Waals surface area contributed by atoms with Crippen molar-refractivity contribution < 1.29 is 43.4 Å². The van der Waals surface area contributed by atoms with E-state index >= 15 is 0 Å². The molecule has 0 spiro atoms. The zero-order valence-electron chi connectivity index (χ0n) is 31.0. The standard InChI is InChI=1S/C39H49N7O9/c1-23-17-32-38(53)55-22-29(42-33(48)28(18-25-11-5-3-6-12-25)43-39(54)41-26-13-7-4-8-14-26)36(51)46-21-27(47)19-31(46)37(52)44-16-10-9-15-30(44)34(49)40-24(2)35(50)45(32)20-23/h3-8,11-14,23-24,27-32,47H,9-10,15-22H2,1-2H3,(H,40,49)(H,42,48)(H2,41,43,54). The van der Waals surface area contributed by atoms with Gasteiger partial charge in [0.05, 0.1) is 6.10 Å². The SMILES string of the molecule is CC1CC2C(=O)OCC(NC(=O)C(Cc3ccccc3)NC(=O)Nc3ccccc3)C(=O)N3CC(O)CC3C(=O)N3CCCCC3C(=O)NC(C)C(=O)N2C1. The Hall–Kier alpha value is -5.51. The van der Waals surface area contributed by atoms with Crippen LogP contribution in [0.4, 0.5) is 10.5 Å². The van der Waals surface area contributed by atoms with Crippen LogP contribution in [-0.4, -0.2) is 130 Å². The van der Waals surface area contributed by atoms with Crippen LogP contribution in [0.3, 0.4) is 0 Å². The summed E-state index contributed by atoms with van der Waals surface area (Å²) in [5, 5.41) is 21.6. The lowest BCUT2D eigenvalue weighted by atomic mass is 9.99. The number of hydrogen-bond acceptors (Lipinski definition) is 9. The van der Waals surface area contributed by atoms with Gasteiger partial charge in [-0.3, -0.25) is 24.0 Å². The third kappa shape index (κ3) is 9.24. The molecule has 2 aromatic carbocycles. The quantitative estimate of drug-likeness (QED) is 0.261. The first-order valence-corrected chi connectivity index (χ1v) is 18.9. The average Bonchev–Trinajstić information content (AvgIpc) is 3.77. The van der Waals surface area contributed by atoms with Crippen molar-refractivity contribution in [2.24, 2.45) is 5.92 Å². The number of piperidine rings is 1. The molecule has 7 amide bonds. The van der Waals surface area contributed by atoms with E-state index in [0.717, 1.165) is 0 Å². The number of para-hydroxylation sites is 1. The Bertz CT molecular complexity index is 1760. The number of cyclic esters (lactones) is 1. The second-order valence-corrected chi connectivity index (χ2v) is 14.9. The Kier molecular flexibility index (Phi) is 12.3. The number of nitrogens with zero attached hydrogens (tertiary/aromatic N) is 3. The van der Waals surface area contributed by atoms with Crippen molar-refractivity contribution in [2.75, 3.05) is 31.6 Å². The summed E-state index contributed by atoms with van der Waals surface area (Å²) >= 11 is 0. The van der Waals surface area contributed by atoms with Crippen LogP contribution in [0.2, 0.25) is 0 Å². The second kappa shape index (κ2) is 17.3. The number of rotatable bonds is 6. The minimum Gasteiger partial charge on any atom is -0.461 e. The molecule has 4 saturated heterocycles. The van der Waals surface area contributed by atoms with Gasteiger partial charge in [-0.2, -0.15) is 0 Å². The van der Waals surface area contributed by atoms with Gasteiger partial charge in [0.25, 0.3) is 0 Å². The molecule has 0 aliphatic carbocycles. The zero-order valence-corrected chi connectivity index (χ0v) is 31.0. The number of fused-ring (bicyclic) bond motifs is 3.